The second-order valence-corrected chi connectivity index (χ2v) is 3.15. The van der Waals surface area contributed by atoms with Crippen molar-refractivity contribution >= 4 is 19.5 Å². The molecule has 1 unspecified atom stereocenters. The third kappa shape index (κ3) is 2.38. The third-order valence-electron chi connectivity index (χ3n) is 0.923. The van der Waals surface area contributed by atoms with Gasteiger partial charge in [-0.1, -0.05) is 22.8 Å². The molecule has 0 aliphatic heterocycles. The Hall–Kier alpha value is -0.530. The molecule has 4 heteroatoms. The van der Waals surface area contributed by atoms with Crippen LogP contribution in [-0.2, 0) is 16.8 Å². The van der Waals surface area contributed by atoms with Gasteiger partial charge in [-0.2, -0.15) is 0 Å². The zero-order chi connectivity index (χ0) is 7.40. The Balaban J connectivity index is 2.67. The van der Waals surface area contributed by atoms with E-state index in [0.717, 1.165) is 0 Å². The highest BCUT2D eigenvalue weighted by Crippen LogP contribution is 2.22. The zero-order valence-corrected chi connectivity index (χ0v) is 6.77. The Bertz CT molecular complexity index is 224. The van der Waals surface area contributed by atoms with E-state index in [2.05, 4.69) is 12.2 Å². The smallest absolute Gasteiger partial charge is 0.397 e. The molecule has 10 heavy (non-hydrogen) atoms. The summed E-state index contributed by atoms with van der Waals surface area (Å²) >= 11 is 4.35. The lowest BCUT2D eigenvalue weighted by Crippen LogP contribution is -1.75. The van der Waals surface area contributed by atoms with Gasteiger partial charge in [-0.05, 0) is 12.1 Å². The Morgan fingerprint density at radius 3 is 2.40 bits per heavy atom. The summed E-state index contributed by atoms with van der Waals surface area (Å²) in [5.74, 6) is 0.554. The summed E-state index contributed by atoms with van der Waals surface area (Å²) in [6.45, 7) is 0. The fourth-order valence-electron chi connectivity index (χ4n) is 0.567. The second kappa shape index (κ2) is 3.59. The van der Waals surface area contributed by atoms with Crippen LogP contribution >= 0.6 is 7.23 Å². The molecule has 1 atom stereocenters. The first kappa shape index (κ1) is 7.58. The van der Waals surface area contributed by atoms with E-state index in [-0.39, 0.29) is 0 Å². The molecular formula is C6H5O2PS. The highest BCUT2D eigenvalue weighted by atomic mass is 32.7. The molecule has 0 aliphatic rings. The van der Waals surface area contributed by atoms with E-state index < -0.39 is 7.23 Å². The van der Waals surface area contributed by atoms with Crippen molar-refractivity contribution in [1.29, 1.82) is 0 Å². The van der Waals surface area contributed by atoms with Crippen LogP contribution in [0.15, 0.2) is 30.3 Å². The molecule has 0 saturated heterocycles. The molecule has 0 heterocycles. The molecular weight excluding hydrogens is 167 g/mol. The fourth-order valence-corrected chi connectivity index (χ4v) is 1.12. The fraction of sp³-hybridized carbons (Fsp3) is 0. The molecule has 0 aliphatic carbocycles. The minimum Gasteiger partial charge on any atom is -0.397 e. The Kier molecular flexibility index (Phi) is 2.72. The summed E-state index contributed by atoms with van der Waals surface area (Å²) in [6.07, 6.45) is 0. The van der Waals surface area contributed by atoms with Crippen LogP contribution in [0.25, 0.3) is 0 Å². The van der Waals surface area contributed by atoms with Gasteiger partial charge >= 0.3 is 7.23 Å². The largest absolute Gasteiger partial charge is 0.420 e. The molecule has 0 fully saturated rings. The van der Waals surface area contributed by atoms with E-state index in [9.17, 15) is 4.57 Å². The van der Waals surface area contributed by atoms with Crippen LogP contribution in [0.5, 0.6) is 5.75 Å². The lowest BCUT2D eigenvalue weighted by atomic mass is 10.3. The summed E-state index contributed by atoms with van der Waals surface area (Å²) in [5.41, 5.74) is 0. The van der Waals surface area contributed by atoms with Gasteiger partial charge in [0.2, 0.25) is 0 Å². The number of hydrogen-bond acceptors (Lipinski definition) is 3. The number of hydrogen-bond donors (Lipinski definition) is 0. The van der Waals surface area contributed by atoms with Gasteiger partial charge in [0.05, 0.1) is 0 Å². The van der Waals surface area contributed by atoms with E-state index in [4.69, 9.17) is 4.52 Å². The maximum Gasteiger partial charge on any atom is 0.420 e. The summed E-state index contributed by atoms with van der Waals surface area (Å²) in [5, 5.41) is 0. The van der Waals surface area contributed by atoms with Gasteiger partial charge < -0.3 is 12.2 Å². The second-order valence-electron chi connectivity index (χ2n) is 1.63. The van der Waals surface area contributed by atoms with Crippen LogP contribution in [-0.4, -0.2) is 0 Å². The highest BCUT2D eigenvalue weighted by molar-refractivity contribution is 8.26. The van der Waals surface area contributed by atoms with Gasteiger partial charge in [0, 0.05) is 0 Å². The van der Waals surface area contributed by atoms with Crippen molar-refractivity contribution in [1.82, 2.24) is 0 Å². The van der Waals surface area contributed by atoms with Crippen molar-refractivity contribution < 1.29 is 9.09 Å². The van der Waals surface area contributed by atoms with Crippen molar-refractivity contribution in [3.05, 3.63) is 30.3 Å². The number of benzene rings is 1. The molecule has 2 nitrogen and oxygen atoms in total. The average molecular weight is 172 g/mol. The summed E-state index contributed by atoms with van der Waals surface area (Å²) < 4.78 is 15.1. The molecule has 1 rings (SSSR count). The average Bonchev–Trinajstić information content (AvgIpc) is 1.88. The van der Waals surface area contributed by atoms with Crippen molar-refractivity contribution in [3.63, 3.8) is 0 Å². The van der Waals surface area contributed by atoms with Gasteiger partial charge in [0.1, 0.15) is 0 Å². The van der Waals surface area contributed by atoms with Crippen molar-refractivity contribution in [2.24, 2.45) is 0 Å². The Morgan fingerprint density at radius 1 is 1.30 bits per heavy atom. The first-order chi connectivity index (χ1) is 4.79. The molecule has 0 bridgehead atoms. The van der Waals surface area contributed by atoms with Crippen molar-refractivity contribution in [3.8, 4) is 5.75 Å². The van der Waals surface area contributed by atoms with Crippen molar-refractivity contribution in [2.45, 2.75) is 0 Å². The topological polar surface area (TPSA) is 26.3 Å². The molecule has 1 aromatic rings. The van der Waals surface area contributed by atoms with Crippen LogP contribution in [0.4, 0.5) is 0 Å². The van der Waals surface area contributed by atoms with Crippen LogP contribution in [0.2, 0.25) is 0 Å². The number of para-hydroxylation sites is 1. The molecule has 0 N–H and O–H groups in total. The molecule has 0 saturated carbocycles. The monoisotopic (exact) mass is 172 g/mol. The van der Waals surface area contributed by atoms with Gasteiger partial charge in [-0.3, -0.25) is 4.52 Å². The van der Waals surface area contributed by atoms with Crippen LogP contribution in [0.3, 0.4) is 0 Å². The van der Waals surface area contributed by atoms with Crippen LogP contribution in [0, 0.1) is 0 Å². The van der Waals surface area contributed by atoms with Gasteiger partial charge in [0.25, 0.3) is 0 Å². The van der Waals surface area contributed by atoms with Gasteiger partial charge in [0.15, 0.2) is 5.75 Å². The van der Waals surface area contributed by atoms with Crippen LogP contribution < -0.4 is 4.52 Å². The third-order valence-corrected chi connectivity index (χ3v) is 1.51. The van der Waals surface area contributed by atoms with E-state index in [0.29, 0.717) is 5.75 Å². The first-order valence-corrected chi connectivity index (χ1v) is 4.85. The van der Waals surface area contributed by atoms with E-state index in [1.54, 1.807) is 24.3 Å². The summed E-state index contributed by atoms with van der Waals surface area (Å²) in [7, 11) is -1.94. The SMILES string of the molecule is O=[P+]([S-])Oc1ccccc1. The first-order valence-electron chi connectivity index (χ1n) is 2.66. The molecule has 0 radical (unpaired) electrons. The maximum atomic E-state index is 10.4. The minimum atomic E-state index is -1.94. The van der Waals surface area contributed by atoms with E-state index >= 15 is 0 Å². The lowest BCUT2D eigenvalue weighted by molar-refractivity contribution is 0.520. The van der Waals surface area contributed by atoms with Gasteiger partial charge in [-0.25, -0.2) is 0 Å². The highest BCUT2D eigenvalue weighted by Gasteiger charge is 1.98. The zero-order valence-electron chi connectivity index (χ0n) is 5.06. The standard InChI is InChI=1S/C6H5O2PS/c7-9(10)8-6-4-2-1-3-5-6/h1-5H. The van der Waals surface area contributed by atoms with E-state index in [1.165, 1.54) is 0 Å². The molecule has 0 amide bonds. The number of rotatable bonds is 2. The van der Waals surface area contributed by atoms with E-state index in [1.807, 2.05) is 6.07 Å². The molecule has 1 aromatic carbocycles. The summed E-state index contributed by atoms with van der Waals surface area (Å²) in [4.78, 5) is 0. The minimum absolute atomic E-state index is 0.554. The predicted molar refractivity (Wildman–Crippen MR) is 42.0 cm³/mol. The lowest BCUT2D eigenvalue weighted by Gasteiger charge is -1.91. The molecule has 0 spiro atoms. The predicted octanol–water partition coefficient (Wildman–Crippen LogP) is 2.27. The molecule has 52 valence electrons. The van der Waals surface area contributed by atoms with Crippen molar-refractivity contribution in [2.75, 3.05) is 0 Å². The Labute approximate surface area is 65.2 Å². The quantitative estimate of drug-likeness (QED) is 0.505. The Morgan fingerprint density at radius 2 is 1.90 bits per heavy atom. The van der Waals surface area contributed by atoms with Crippen LogP contribution in [0.1, 0.15) is 0 Å². The normalized spacial score (nSPS) is 10.7. The summed E-state index contributed by atoms with van der Waals surface area (Å²) in [6, 6.07) is 8.86. The maximum absolute atomic E-state index is 10.4. The molecule has 0 aromatic heterocycles. The van der Waals surface area contributed by atoms with Gasteiger partial charge in [-0.15, -0.1) is 0 Å².